The van der Waals surface area contributed by atoms with Crippen LogP contribution < -0.4 is 21.7 Å². The molecule has 5 unspecified atom stereocenters. The minimum Gasteiger partial charge on any atom is -0.508 e. The summed E-state index contributed by atoms with van der Waals surface area (Å²) in [7, 11) is 0. The highest BCUT2D eigenvalue weighted by Gasteiger charge is 2.32. The predicted molar refractivity (Wildman–Crippen MR) is 150 cm³/mol. The van der Waals surface area contributed by atoms with Crippen molar-refractivity contribution >= 4 is 34.6 Å². The molecule has 11 nitrogen and oxygen atoms in total. The highest BCUT2D eigenvalue weighted by atomic mass is 16.4. The van der Waals surface area contributed by atoms with Crippen LogP contribution in [0.2, 0.25) is 0 Å². The number of hydrogen-bond acceptors (Lipinski definition) is 6. The van der Waals surface area contributed by atoms with Crippen LogP contribution in [0.15, 0.2) is 54.7 Å². The molecule has 0 saturated carbocycles. The van der Waals surface area contributed by atoms with Gasteiger partial charge in [-0.25, -0.2) is 4.79 Å². The van der Waals surface area contributed by atoms with E-state index in [1.54, 1.807) is 25.3 Å². The van der Waals surface area contributed by atoms with Gasteiger partial charge < -0.3 is 36.9 Å². The standard InChI is InChI=1S/C29H37N5O6/c1-4-16(2)25(34-26(36)17(3)30)28(38)32-23(14-19-15-31-22-8-6-5-7-21(19)22)27(37)33-24(29(39)40)13-18-9-11-20(35)12-10-18/h5-12,15-17,23-25,31,35H,4,13-14,30H2,1-3H3,(H,32,38)(H,33,37)(H,34,36)(H,39,40). The SMILES string of the molecule is CCC(C)C(NC(=O)C(C)N)C(=O)NC(Cc1c[nH]c2ccccc12)C(=O)NC(Cc1ccc(O)cc1)C(=O)O. The second kappa shape index (κ2) is 13.6. The third-order valence-electron chi connectivity index (χ3n) is 6.93. The van der Waals surface area contributed by atoms with E-state index in [1.165, 1.54) is 19.1 Å². The fourth-order valence-electron chi connectivity index (χ4n) is 4.32. The molecule has 0 fully saturated rings. The van der Waals surface area contributed by atoms with Crippen molar-refractivity contribution < 1.29 is 29.4 Å². The summed E-state index contributed by atoms with van der Waals surface area (Å²) in [6.07, 6.45) is 2.35. The number of phenols is 1. The van der Waals surface area contributed by atoms with Crippen LogP contribution in [-0.2, 0) is 32.0 Å². The minimum atomic E-state index is -1.29. The van der Waals surface area contributed by atoms with Crippen molar-refractivity contribution in [2.75, 3.05) is 0 Å². The summed E-state index contributed by atoms with van der Waals surface area (Å²) in [5.41, 5.74) is 7.89. The first-order valence-corrected chi connectivity index (χ1v) is 13.2. The molecular formula is C29H37N5O6. The van der Waals surface area contributed by atoms with E-state index in [-0.39, 0.29) is 24.5 Å². The number of rotatable bonds is 13. The second-order valence-electron chi connectivity index (χ2n) is 10.1. The highest BCUT2D eigenvalue weighted by Crippen LogP contribution is 2.20. The van der Waals surface area contributed by atoms with Crippen molar-refractivity contribution in [2.24, 2.45) is 11.7 Å². The van der Waals surface area contributed by atoms with Crippen molar-refractivity contribution in [2.45, 2.75) is 64.2 Å². The fraction of sp³-hybridized carbons (Fsp3) is 0.379. The molecule has 5 atom stereocenters. The van der Waals surface area contributed by atoms with Gasteiger partial charge in [0.2, 0.25) is 17.7 Å². The van der Waals surface area contributed by atoms with Crippen molar-refractivity contribution in [1.29, 1.82) is 0 Å². The number of H-pyrrole nitrogens is 1. The molecule has 214 valence electrons. The number of phenolic OH excluding ortho intramolecular Hbond substituents is 1. The fourth-order valence-corrected chi connectivity index (χ4v) is 4.32. The summed E-state index contributed by atoms with van der Waals surface area (Å²) in [5, 5.41) is 28.2. The number of carbonyl (C=O) groups is 4. The first-order chi connectivity index (χ1) is 19.0. The minimum absolute atomic E-state index is 0.0327. The molecule has 40 heavy (non-hydrogen) atoms. The van der Waals surface area contributed by atoms with Gasteiger partial charge in [-0.3, -0.25) is 14.4 Å². The molecule has 0 saturated heterocycles. The van der Waals surface area contributed by atoms with Gasteiger partial charge in [0.15, 0.2) is 0 Å². The van der Waals surface area contributed by atoms with Crippen LogP contribution in [0.1, 0.15) is 38.3 Å². The highest BCUT2D eigenvalue weighted by molar-refractivity contribution is 5.95. The average Bonchev–Trinajstić information content (AvgIpc) is 3.33. The van der Waals surface area contributed by atoms with Crippen LogP contribution in [0.3, 0.4) is 0 Å². The van der Waals surface area contributed by atoms with E-state index in [1.807, 2.05) is 31.2 Å². The summed E-state index contributed by atoms with van der Waals surface area (Å²) in [5.74, 6) is -3.24. The molecule has 11 heteroatoms. The maximum Gasteiger partial charge on any atom is 0.326 e. The number of aromatic nitrogens is 1. The van der Waals surface area contributed by atoms with Crippen LogP contribution in [-0.4, -0.2) is 63.1 Å². The van der Waals surface area contributed by atoms with Gasteiger partial charge >= 0.3 is 5.97 Å². The Kier molecular flexibility index (Phi) is 10.3. The second-order valence-corrected chi connectivity index (χ2v) is 10.1. The Balaban J connectivity index is 1.88. The Labute approximate surface area is 232 Å². The van der Waals surface area contributed by atoms with Crippen molar-refractivity contribution in [3.05, 3.63) is 65.9 Å². The maximum atomic E-state index is 13.5. The molecule has 1 heterocycles. The van der Waals surface area contributed by atoms with Crippen LogP contribution >= 0.6 is 0 Å². The van der Waals surface area contributed by atoms with Gasteiger partial charge in [-0.2, -0.15) is 0 Å². The molecule has 0 spiro atoms. The summed E-state index contributed by atoms with van der Waals surface area (Å²) < 4.78 is 0. The summed E-state index contributed by atoms with van der Waals surface area (Å²) >= 11 is 0. The number of hydrogen-bond donors (Lipinski definition) is 7. The Morgan fingerprint density at radius 3 is 2.15 bits per heavy atom. The third kappa shape index (κ3) is 7.82. The smallest absolute Gasteiger partial charge is 0.326 e. The van der Waals surface area contributed by atoms with E-state index in [0.29, 0.717) is 12.0 Å². The van der Waals surface area contributed by atoms with E-state index < -0.39 is 47.9 Å². The number of benzene rings is 2. The Bertz CT molecular complexity index is 1340. The molecule has 0 bridgehead atoms. The normalized spacial score (nSPS) is 14.9. The van der Waals surface area contributed by atoms with Gasteiger partial charge in [0.1, 0.15) is 23.9 Å². The number of carboxylic acids is 1. The number of aromatic amines is 1. The molecule has 8 N–H and O–H groups in total. The maximum absolute atomic E-state index is 13.5. The van der Waals surface area contributed by atoms with Gasteiger partial charge in [0.25, 0.3) is 0 Å². The van der Waals surface area contributed by atoms with Gasteiger partial charge in [-0.05, 0) is 42.2 Å². The number of para-hydroxylation sites is 1. The van der Waals surface area contributed by atoms with Gasteiger partial charge in [-0.1, -0.05) is 50.6 Å². The molecule has 1 aromatic heterocycles. The van der Waals surface area contributed by atoms with Crippen molar-refractivity contribution in [3.63, 3.8) is 0 Å². The lowest BCUT2D eigenvalue weighted by Gasteiger charge is -2.27. The zero-order valence-corrected chi connectivity index (χ0v) is 22.8. The first-order valence-electron chi connectivity index (χ1n) is 13.2. The zero-order valence-electron chi connectivity index (χ0n) is 22.8. The molecule has 0 aliphatic carbocycles. The number of carbonyl (C=O) groups excluding carboxylic acids is 3. The number of aliphatic carboxylic acids is 1. The summed E-state index contributed by atoms with van der Waals surface area (Å²) in [6.45, 7) is 5.19. The van der Waals surface area contributed by atoms with Crippen LogP contribution in [0, 0.1) is 5.92 Å². The van der Waals surface area contributed by atoms with E-state index in [2.05, 4.69) is 20.9 Å². The van der Waals surface area contributed by atoms with Crippen LogP contribution in [0.5, 0.6) is 5.75 Å². The molecule has 3 aromatic rings. The van der Waals surface area contributed by atoms with E-state index in [4.69, 9.17) is 5.73 Å². The Morgan fingerprint density at radius 2 is 1.52 bits per heavy atom. The van der Waals surface area contributed by atoms with E-state index >= 15 is 0 Å². The molecule has 2 aromatic carbocycles. The zero-order chi connectivity index (χ0) is 29.4. The topological polar surface area (TPSA) is 187 Å². The number of carboxylic acid groups (broad SMARTS) is 1. The van der Waals surface area contributed by atoms with Gasteiger partial charge in [-0.15, -0.1) is 0 Å². The summed E-state index contributed by atoms with van der Waals surface area (Å²) in [4.78, 5) is 54.5. The number of fused-ring (bicyclic) bond motifs is 1. The number of aromatic hydroxyl groups is 1. The van der Waals surface area contributed by atoms with Crippen molar-refractivity contribution in [3.8, 4) is 5.75 Å². The Morgan fingerprint density at radius 1 is 0.875 bits per heavy atom. The lowest BCUT2D eigenvalue weighted by molar-refractivity contribution is -0.142. The Hall–Kier alpha value is -4.38. The monoisotopic (exact) mass is 551 g/mol. The first kappa shape index (κ1) is 30.2. The molecule has 3 amide bonds. The van der Waals surface area contributed by atoms with Gasteiger partial charge in [0, 0.05) is 29.9 Å². The van der Waals surface area contributed by atoms with E-state index in [0.717, 1.165) is 16.5 Å². The number of nitrogens with two attached hydrogens (primary N) is 1. The molecular weight excluding hydrogens is 514 g/mol. The number of amides is 3. The van der Waals surface area contributed by atoms with Crippen molar-refractivity contribution in [1.82, 2.24) is 20.9 Å². The molecule has 0 radical (unpaired) electrons. The van der Waals surface area contributed by atoms with Crippen LogP contribution in [0.25, 0.3) is 10.9 Å². The summed E-state index contributed by atoms with van der Waals surface area (Å²) in [6, 6.07) is 9.27. The molecule has 0 aliphatic rings. The molecule has 3 rings (SSSR count). The van der Waals surface area contributed by atoms with E-state index in [9.17, 15) is 29.4 Å². The average molecular weight is 552 g/mol. The van der Waals surface area contributed by atoms with Gasteiger partial charge in [0.05, 0.1) is 6.04 Å². The quantitative estimate of drug-likeness (QED) is 0.168. The van der Waals surface area contributed by atoms with Crippen LogP contribution in [0.4, 0.5) is 0 Å². The number of nitrogens with one attached hydrogen (secondary N) is 4. The third-order valence-corrected chi connectivity index (χ3v) is 6.93. The largest absolute Gasteiger partial charge is 0.508 e. The predicted octanol–water partition coefficient (Wildman–Crippen LogP) is 1.59. The molecule has 0 aliphatic heterocycles. The lowest BCUT2D eigenvalue weighted by Crippen LogP contribution is -2.59. The lowest BCUT2D eigenvalue weighted by atomic mass is 9.96.